The van der Waals surface area contributed by atoms with Crippen LogP contribution in [-0.2, 0) is 10.4 Å². The number of alkyl halides is 3. The smallest absolute Gasteiger partial charge is 0.374 e. The van der Waals surface area contributed by atoms with Crippen molar-refractivity contribution in [3.05, 3.63) is 46.2 Å². The number of aliphatic hydroxyl groups is 1. The van der Waals surface area contributed by atoms with Crippen LogP contribution in [0.15, 0.2) is 29.6 Å². The van der Waals surface area contributed by atoms with Crippen LogP contribution in [0.25, 0.3) is 0 Å². The lowest BCUT2D eigenvalue weighted by molar-refractivity contribution is -0.267. The molecule has 0 spiro atoms. The van der Waals surface area contributed by atoms with Crippen LogP contribution in [-0.4, -0.2) is 41.8 Å². The van der Waals surface area contributed by atoms with Crippen LogP contribution < -0.4 is 10.2 Å². The van der Waals surface area contributed by atoms with Crippen molar-refractivity contribution in [2.75, 3.05) is 24.5 Å². The van der Waals surface area contributed by atoms with Crippen molar-refractivity contribution in [1.82, 2.24) is 10.3 Å². The molecule has 1 saturated heterocycles. The first-order valence-electron chi connectivity index (χ1n) is 9.07. The van der Waals surface area contributed by atoms with Crippen molar-refractivity contribution in [3.63, 3.8) is 0 Å². The van der Waals surface area contributed by atoms with E-state index in [0.717, 1.165) is 12.1 Å². The SMILES string of the molecule is Cc1csc(C(O)(CC(=O)NCC2CCN(c3ccc(F)cc3)C2)C(F)(F)F)n1. The minimum atomic E-state index is -5.03. The third-order valence-electron chi connectivity index (χ3n) is 4.92. The van der Waals surface area contributed by atoms with Gasteiger partial charge in [-0.25, -0.2) is 9.37 Å². The van der Waals surface area contributed by atoms with Gasteiger partial charge in [-0.1, -0.05) is 0 Å². The number of carbonyl (C=O) groups excluding carboxylic acids is 1. The molecule has 1 amide bonds. The summed E-state index contributed by atoms with van der Waals surface area (Å²) >= 11 is 0.673. The van der Waals surface area contributed by atoms with Crippen molar-refractivity contribution in [2.45, 2.75) is 31.5 Å². The molecule has 1 aliphatic rings. The van der Waals surface area contributed by atoms with Crippen molar-refractivity contribution >= 4 is 22.9 Å². The number of aromatic nitrogens is 1. The maximum absolute atomic E-state index is 13.5. The van der Waals surface area contributed by atoms with Crippen molar-refractivity contribution in [1.29, 1.82) is 0 Å². The maximum atomic E-state index is 13.5. The molecule has 3 rings (SSSR count). The highest BCUT2D eigenvalue weighted by Gasteiger charge is 2.58. The van der Waals surface area contributed by atoms with Crippen molar-refractivity contribution < 1.29 is 27.5 Å². The van der Waals surface area contributed by atoms with E-state index in [9.17, 15) is 27.5 Å². The molecule has 2 heterocycles. The monoisotopic (exact) mass is 431 g/mol. The fraction of sp³-hybridized carbons (Fsp3) is 0.474. The highest BCUT2D eigenvalue weighted by molar-refractivity contribution is 7.09. The molecule has 29 heavy (non-hydrogen) atoms. The summed E-state index contributed by atoms with van der Waals surface area (Å²) in [6.45, 7) is 3.02. The largest absolute Gasteiger partial charge is 0.424 e. The van der Waals surface area contributed by atoms with Crippen LogP contribution in [0.2, 0.25) is 0 Å². The first-order valence-corrected chi connectivity index (χ1v) is 9.95. The van der Waals surface area contributed by atoms with E-state index < -0.39 is 29.1 Å². The van der Waals surface area contributed by atoms with Gasteiger partial charge < -0.3 is 15.3 Å². The number of thiazole rings is 1. The van der Waals surface area contributed by atoms with Gasteiger partial charge in [0.15, 0.2) is 0 Å². The van der Waals surface area contributed by atoms with E-state index >= 15 is 0 Å². The van der Waals surface area contributed by atoms with Crippen molar-refractivity contribution in [2.24, 2.45) is 5.92 Å². The predicted molar refractivity (Wildman–Crippen MR) is 101 cm³/mol. The van der Waals surface area contributed by atoms with Gasteiger partial charge in [0.1, 0.15) is 10.8 Å². The summed E-state index contributed by atoms with van der Waals surface area (Å²) in [5, 5.41) is 13.6. The second-order valence-electron chi connectivity index (χ2n) is 7.21. The molecule has 2 unspecified atom stereocenters. The molecule has 1 fully saturated rings. The second kappa shape index (κ2) is 8.27. The lowest BCUT2D eigenvalue weighted by Crippen LogP contribution is -2.46. The third-order valence-corrected chi connectivity index (χ3v) is 6.03. The summed E-state index contributed by atoms with van der Waals surface area (Å²) in [4.78, 5) is 17.9. The van der Waals surface area contributed by atoms with Gasteiger partial charge in [0.05, 0.1) is 6.42 Å². The van der Waals surface area contributed by atoms with E-state index in [0.29, 0.717) is 30.1 Å². The predicted octanol–water partition coefficient (Wildman–Crippen LogP) is 3.37. The van der Waals surface area contributed by atoms with Gasteiger partial charge in [-0.15, -0.1) is 11.3 Å². The van der Waals surface area contributed by atoms with Crippen LogP contribution >= 0.6 is 11.3 Å². The van der Waals surface area contributed by atoms with Gasteiger partial charge in [0.25, 0.3) is 0 Å². The molecule has 1 aromatic carbocycles. The first kappa shape index (κ1) is 21.5. The number of nitrogens with zero attached hydrogens (tertiary/aromatic N) is 2. The summed E-state index contributed by atoms with van der Waals surface area (Å²) < 4.78 is 53.4. The van der Waals surface area contributed by atoms with Gasteiger partial charge in [-0.05, 0) is 43.5 Å². The minimum absolute atomic E-state index is 0.0464. The molecule has 0 bridgehead atoms. The molecule has 158 valence electrons. The Morgan fingerprint density at radius 1 is 1.34 bits per heavy atom. The Bertz CT molecular complexity index is 856. The summed E-state index contributed by atoms with van der Waals surface area (Å²) in [6, 6.07) is 6.05. The number of hydrogen-bond donors (Lipinski definition) is 2. The fourth-order valence-corrected chi connectivity index (χ4v) is 4.19. The van der Waals surface area contributed by atoms with Gasteiger partial charge in [0.2, 0.25) is 11.5 Å². The van der Waals surface area contributed by atoms with Crippen LogP contribution in [0.1, 0.15) is 23.5 Å². The molecule has 2 N–H and O–H groups in total. The molecule has 0 saturated carbocycles. The van der Waals surface area contributed by atoms with E-state index in [1.807, 2.05) is 4.90 Å². The standard InChI is InChI=1S/C19H21F4N3O2S/c1-12-11-29-17(25-12)18(28,19(21,22)23)8-16(27)24-9-13-6-7-26(10-13)15-4-2-14(20)3-5-15/h2-5,11,13,28H,6-10H2,1H3,(H,24,27). The van der Waals surface area contributed by atoms with Gasteiger partial charge in [-0.2, -0.15) is 13.2 Å². The Balaban J connectivity index is 1.57. The summed E-state index contributed by atoms with van der Waals surface area (Å²) in [5.74, 6) is -1.17. The molecular weight excluding hydrogens is 410 g/mol. The van der Waals surface area contributed by atoms with E-state index in [1.165, 1.54) is 24.4 Å². The third kappa shape index (κ3) is 4.87. The second-order valence-corrected chi connectivity index (χ2v) is 8.07. The molecular formula is C19H21F4N3O2S. The van der Waals surface area contributed by atoms with Crippen LogP contribution in [0.3, 0.4) is 0 Å². The van der Waals surface area contributed by atoms with E-state index in [-0.39, 0.29) is 18.3 Å². The Labute approximate surface area is 169 Å². The molecule has 2 atom stereocenters. The van der Waals surface area contributed by atoms with Crippen LogP contribution in [0.5, 0.6) is 0 Å². The highest BCUT2D eigenvalue weighted by atomic mass is 32.1. The average molecular weight is 431 g/mol. The number of aryl methyl sites for hydroxylation is 1. The topological polar surface area (TPSA) is 65.5 Å². The molecule has 10 heteroatoms. The van der Waals surface area contributed by atoms with E-state index in [2.05, 4.69) is 10.3 Å². The Morgan fingerprint density at radius 3 is 2.62 bits per heavy atom. The Hall–Kier alpha value is -2.20. The molecule has 0 aliphatic carbocycles. The van der Waals surface area contributed by atoms with Gasteiger partial charge >= 0.3 is 6.18 Å². The highest BCUT2D eigenvalue weighted by Crippen LogP contribution is 2.42. The van der Waals surface area contributed by atoms with Crippen LogP contribution in [0.4, 0.5) is 23.2 Å². The van der Waals surface area contributed by atoms with Gasteiger partial charge in [0, 0.05) is 36.4 Å². The molecule has 0 radical (unpaired) electrons. The Kier molecular flexibility index (Phi) is 6.13. The lowest BCUT2D eigenvalue weighted by atomic mass is 9.99. The number of carbonyl (C=O) groups is 1. The molecule has 5 nitrogen and oxygen atoms in total. The molecule has 1 aromatic heterocycles. The van der Waals surface area contributed by atoms with Gasteiger partial charge in [-0.3, -0.25) is 4.79 Å². The summed E-state index contributed by atoms with van der Waals surface area (Å²) in [6.07, 6.45) is -5.42. The molecule has 1 aliphatic heterocycles. The van der Waals surface area contributed by atoms with E-state index in [1.54, 1.807) is 12.1 Å². The number of benzene rings is 1. The normalized spacial score (nSPS) is 19.2. The Morgan fingerprint density at radius 2 is 2.03 bits per heavy atom. The number of amides is 1. The van der Waals surface area contributed by atoms with Crippen molar-refractivity contribution in [3.8, 4) is 0 Å². The zero-order valence-corrected chi connectivity index (χ0v) is 16.5. The number of nitrogens with one attached hydrogen (secondary N) is 1. The zero-order chi connectivity index (χ0) is 21.2. The maximum Gasteiger partial charge on any atom is 0.424 e. The quantitative estimate of drug-likeness (QED) is 0.689. The van der Waals surface area contributed by atoms with Crippen LogP contribution in [0, 0.1) is 18.7 Å². The minimum Gasteiger partial charge on any atom is -0.374 e. The fourth-order valence-electron chi connectivity index (χ4n) is 3.28. The van der Waals surface area contributed by atoms with E-state index in [4.69, 9.17) is 0 Å². The average Bonchev–Trinajstić information content (AvgIpc) is 3.29. The lowest BCUT2D eigenvalue weighted by Gasteiger charge is -2.28. The molecule has 2 aromatic rings. The summed E-state index contributed by atoms with van der Waals surface area (Å²) in [5.41, 5.74) is -2.11. The number of rotatable bonds is 6. The zero-order valence-electron chi connectivity index (χ0n) is 15.7. The summed E-state index contributed by atoms with van der Waals surface area (Å²) in [7, 11) is 0. The number of hydrogen-bond acceptors (Lipinski definition) is 5. The number of anilines is 1. The first-order chi connectivity index (χ1) is 13.6. The number of halogens is 4.